The van der Waals surface area contributed by atoms with Crippen LogP contribution in [0.4, 0.5) is 0 Å². The summed E-state index contributed by atoms with van der Waals surface area (Å²) in [7, 11) is 0. The molecule has 1 aliphatic rings. The Morgan fingerprint density at radius 3 is 1.96 bits per heavy atom. The first-order chi connectivity index (χ1) is 12.5. The zero-order valence-corrected chi connectivity index (χ0v) is 21.3. The molecule has 1 aliphatic heterocycles. The molecule has 152 valence electrons. The molecule has 0 aliphatic carbocycles. The molecule has 0 bridgehead atoms. The van der Waals surface area contributed by atoms with E-state index in [1.54, 1.807) is 0 Å². The fraction of sp³-hybridized carbons (Fsp3) is 0.870. The van der Waals surface area contributed by atoms with Crippen molar-refractivity contribution in [3.05, 3.63) is 9.67 Å². The van der Waals surface area contributed by atoms with Crippen molar-refractivity contribution in [1.82, 2.24) is 4.90 Å². The molecule has 3 heteroatoms. The number of likely N-dealkylation sites (tertiary alicyclic amines) is 1. The van der Waals surface area contributed by atoms with Crippen molar-refractivity contribution < 1.29 is 4.79 Å². The average molecular weight is 470 g/mol. The third-order valence-corrected chi connectivity index (χ3v) is 20.1. The first kappa shape index (κ1) is 24.0. The van der Waals surface area contributed by atoms with Gasteiger partial charge in [-0.1, -0.05) is 0 Å². The van der Waals surface area contributed by atoms with Crippen molar-refractivity contribution >= 4 is 24.3 Å². The Hall–Kier alpha value is 0.00870. The molecule has 0 saturated carbocycles. The summed E-state index contributed by atoms with van der Waals surface area (Å²) < 4.78 is 7.08. The van der Waals surface area contributed by atoms with Crippen LogP contribution in [-0.4, -0.2) is 42.3 Å². The number of carbonyl (C=O) groups excluding carboxylic acids is 1. The summed E-state index contributed by atoms with van der Waals surface area (Å²) in [6, 6.07) is 0. The quantitative estimate of drug-likeness (QED) is 0.223. The molecule has 0 aromatic carbocycles. The van der Waals surface area contributed by atoms with Gasteiger partial charge in [0, 0.05) is 0 Å². The minimum atomic E-state index is -2.38. The molecule has 0 radical (unpaired) electrons. The van der Waals surface area contributed by atoms with Gasteiger partial charge in [0.2, 0.25) is 0 Å². The zero-order chi connectivity index (χ0) is 19.4. The molecule has 2 nitrogen and oxygen atoms in total. The molecule has 1 saturated heterocycles. The van der Waals surface area contributed by atoms with E-state index in [0.29, 0.717) is 11.8 Å². The summed E-state index contributed by atoms with van der Waals surface area (Å²) in [4.78, 5) is 15.4. The normalized spacial score (nSPS) is 18.0. The van der Waals surface area contributed by atoms with Crippen LogP contribution in [0.5, 0.6) is 0 Å². The van der Waals surface area contributed by atoms with E-state index >= 15 is 0 Å². The van der Waals surface area contributed by atoms with Gasteiger partial charge >= 0.3 is 168 Å². The van der Waals surface area contributed by atoms with E-state index in [0.717, 1.165) is 19.5 Å². The van der Waals surface area contributed by atoms with Crippen molar-refractivity contribution in [2.75, 3.05) is 13.1 Å². The molecule has 1 heterocycles. The summed E-state index contributed by atoms with van der Waals surface area (Å²) in [6.07, 6.45) is 11.4. The molecule has 1 rings (SSSR count). The topological polar surface area (TPSA) is 20.3 Å². The van der Waals surface area contributed by atoms with Gasteiger partial charge < -0.3 is 0 Å². The minimum absolute atomic E-state index is 0.391. The fourth-order valence-electron chi connectivity index (χ4n) is 4.33. The van der Waals surface area contributed by atoms with Gasteiger partial charge in [0.05, 0.1) is 0 Å². The number of unbranched alkanes of at least 4 members (excludes halogenated alkanes) is 3. The molecule has 0 aromatic heterocycles. The molecular formula is C23H45NOSn. The Kier molecular flexibility index (Phi) is 12.2. The number of rotatable bonds is 12. The second kappa shape index (κ2) is 13.2. The van der Waals surface area contributed by atoms with E-state index in [1.165, 1.54) is 70.2 Å². The average Bonchev–Trinajstić information content (AvgIpc) is 2.78. The van der Waals surface area contributed by atoms with Gasteiger partial charge in [0.15, 0.2) is 0 Å². The van der Waals surface area contributed by atoms with E-state index in [9.17, 15) is 4.79 Å². The van der Waals surface area contributed by atoms with Crippen LogP contribution < -0.4 is 0 Å². The summed E-state index contributed by atoms with van der Waals surface area (Å²) >= 11 is -2.38. The van der Waals surface area contributed by atoms with Crippen LogP contribution >= 0.6 is 0 Å². The second-order valence-electron chi connectivity index (χ2n) is 8.94. The van der Waals surface area contributed by atoms with E-state index < -0.39 is 18.4 Å². The first-order valence-corrected chi connectivity index (χ1v) is 19.2. The summed E-state index contributed by atoms with van der Waals surface area (Å²) in [5, 5.41) is 0. The molecule has 26 heavy (non-hydrogen) atoms. The van der Waals surface area contributed by atoms with Crippen LogP contribution in [0.2, 0.25) is 13.3 Å². The number of carbonyl (C=O) groups is 1. The van der Waals surface area contributed by atoms with Gasteiger partial charge in [-0.25, -0.2) is 0 Å². The number of nitrogens with zero attached hydrogens (tertiary/aromatic N) is 1. The number of hydrogen-bond acceptors (Lipinski definition) is 1. The Bertz CT molecular complexity index is 408. The van der Waals surface area contributed by atoms with E-state index in [2.05, 4.69) is 43.6 Å². The van der Waals surface area contributed by atoms with Crippen molar-refractivity contribution in [2.24, 2.45) is 5.92 Å². The van der Waals surface area contributed by atoms with Crippen molar-refractivity contribution in [3.63, 3.8) is 0 Å². The molecule has 1 amide bonds. The molecule has 0 unspecified atom stereocenters. The molecule has 0 N–H and O–H groups in total. The van der Waals surface area contributed by atoms with Gasteiger partial charge in [-0.15, -0.1) is 0 Å². The maximum atomic E-state index is 13.3. The van der Waals surface area contributed by atoms with Crippen molar-refractivity contribution in [3.8, 4) is 0 Å². The van der Waals surface area contributed by atoms with Crippen molar-refractivity contribution in [2.45, 2.75) is 106 Å². The third kappa shape index (κ3) is 8.35. The maximum absolute atomic E-state index is 13.3. The third-order valence-electron chi connectivity index (χ3n) is 5.84. The van der Waals surface area contributed by atoms with Crippen molar-refractivity contribution in [1.29, 1.82) is 0 Å². The monoisotopic (exact) mass is 471 g/mol. The molecule has 0 atom stereocenters. The van der Waals surface area contributed by atoms with Gasteiger partial charge in [-0.2, -0.15) is 0 Å². The fourth-order valence-corrected chi connectivity index (χ4v) is 19.6. The molecule has 0 spiro atoms. The van der Waals surface area contributed by atoms with Crippen LogP contribution in [-0.2, 0) is 4.79 Å². The van der Waals surface area contributed by atoms with Crippen LogP contribution in [0, 0.1) is 5.92 Å². The summed E-state index contributed by atoms with van der Waals surface area (Å²) in [6.45, 7) is 13.3. The predicted octanol–water partition coefficient (Wildman–Crippen LogP) is 6.97. The van der Waals surface area contributed by atoms with E-state index in [1.807, 2.05) is 0 Å². The molecular weight excluding hydrogens is 425 g/mol. The van der Waals surface area contributed by atoms with E-state index in [4.69, 9.17) is 0 Å². The SMILES string of the molecule is CCC[CH2][Sn](/[CH]=C1/CCCCN(CC(C)C)C1=O)([CH2]CCC)[CH2]CCC. The van der Waals surface area contributed by atoms with Crippen LogP contribution in [0.1, 0.15) is 92.4 Å². The second-order valence-corrected chi connectivity index (χ2v) is 21.8. The molecule has 1 fully saturated rings. The number of hydrogen-bond donors (Lipinski definition) is 0. The van der Waals surface area contributed by atoms with Gasteiger partial charge in [0.25, 0.3) is 0 Å². The Morgan fingerprint density at radius 2 is 1.50 bits per heavy atom. The van der Waals surface area contributed by atoms with Crippen LogP contribution in [0.25, 0.3) is 0 Å². The van der Waals surface area contributed by atoms with E-state index in [-0.39, 0.29) is 0 Å². The number of amides is 1. The summed E-state index contributed by atoms with van der Waals surface area (Å²) in [5.74, 6) is 0.952. The Balaban J connectivity index is 3.12. The van der Waals surface area contributed by atoms with Gasteiger partial charge in [-0.3, -0.25) is 0 Å². The molecule has 0 aromatic rings. The van der Waals surface area contributed by atoms with Crippen LogP contribution in [0.15, 0.2) is 9.67 Å². The van der Waals surface area contributed by atoms with Crippen LogP contribution in [0.3, 0.4) is 0 Å². The standard InChI is InChI=1S/C11H18NO.3C4H9.Sn/c1-9(2)8-12-7-5-4-6-10(3)11(12)13;3*1-3-4-2;/h3,9H,4-8H2,1-2H3;3*1,3-4H2,2H3;. The predicted molar refractivity (Wildman–Crippen MR) is 118 cm³/mol. The zero-order valence-electron chi connectivity index (χ0n) is 18.4. The summed E-state index contributed by atoms with van der Waals surface area (Å²) in [5.41, 5.74) is 1.22. The van der Waals surface area contributed by atoms with Gasteiger partial charge in [-0.05, 0) is 0 Å². The first-order valence-electron chi connectivity index (χ1n) is 11.5. The Labute approximate surface area is 168 Å². The Morgan fingerprint density at radius 1 is 0.962 bits per heavy atom. The van der Waals surface area contributed by atoms with Gasteiger partial charge in [0.1, 0.15) is 0 Å².